The van der Waals surface area contributed by atoms with Crippen LogP contribution in [-0.4, -0.2) is 139 Å². The summed E-state index contributed by atoms with van der Waals surface area (Å²) in [5, 5.41) is 56.0. The van der Waals surface area contributed by atoms with Gasteiger partial charge in [-0.3, -0.25) is 29.1 Å². The molecule has 0 saturated carbocycles. The van der Waals surface area contributed by atoms with Gasteiger partial charge in [-0.1, -0.05) is 0 Å². The van der Waals surface area contributed by atoms with Gasteiger partial charge in [-0.25, -0.2) is 19.6 Å². The third kappa shape index (κ3) is 14.5. The van der Waals surface area contributed by atoms with Gasteiger partial charge in [-0.2, -0.15) is 9.97 Å². The number of hydrogen-bond acceptors (Lipinski definition) is 20. The predicted octanol–water partition coefficient (Wildman–Crippen LogP) is -3.03. The average Bonchev–Trinajstić information content (AvgIpc) is 3.25. The van der Waals surface area contributed by atoms with Gasteiger partial charge in [0.05, 0.1) is 37.6 Å². The maximum atomic E-state index is 12.3. The first kappa shape index (κ1) is 49.6. The van der Waals surface area contributed by atoms with Crippen molar-refractivity contribution in [3.05, 3.63) is 80.4 Å². The van der Waals surface area contributed by atoms with Gasteiger partial charge in [0.1, 0.15) is 12.1 Å². The Morgan fingerprint density at radius 1 is 0.631 bits per heavy atom. The summed E-state index contributed by atoms with van der Waals surface area (Å²) in [6, 6.07) is 9.74. The molecule has 0 saturated heterocycles. The summed E-state index contributed by atoms with van der Waals surface area (Å²) in [5.41, 5.74) is 13.4. The fourth-order valence-corrected chi connectivity index (χ4v) is 5.80. The number of anilines is 6. The smallest absolute Gasteiger partial charge is 0.550 e. The van der Waals surface area contributed by atoms with E-state index in [4.69, 9.17) is 21.7 Å². The van der Waals surface area contributed by atoms with Crippen LogP contribution in [0.4, 0.5) is 46.3 Å². The largest absolute Gasteiger partial charge is 2.00 e. The minimum atomic E-state index is -1.40. The molecule has 6 rings (SSSR count). The molecule has 2 amide bonds. The number of hydrogen-bond donors (Lipinski definition) is 12. The quantitative estimate of drug-likeness (QED) is 0.0442. The first-order chi connectivity index (χ1) is 30.4. The summed E-state index contributed by atoms with van der Waals surface area (Å²) in [4.78, 5) is 113. The van der Waals surface area contributed by atoms with Crippen LogP contribution in [0.3, 0.4) is 0 Å². The summed E-state index contributed by atoms with van der Waals surface area (Å²) in [5.74, 6) is -6.15. The summed E-state index contributed by atoms with van der Waals surface area (Å²) in [6.45, 7) is 1.34. The van der Waals surface area contributed by atoms with E-state index in [1.54, 1.807) is 24.3 Å². The maximum absolute atomic E-state index is 12.3. The molecule has 0 radical (unpaired) electrons. The molecule has 336 valence electrons. The van der Waals surface area contributed by atoms with Crippen LogP contribution in [0, 0.1) is 0 Å². The number of nitrogen functional groups attached to an aromatic ring is 2. The zero-order chi connectivity index (χ0) is 46.5. The van der Waals surface area contributed by atoms with Gasteiger partial charge in [-0.15, -0.1) is 0 Å². The number of aliphatic carboxylic acids is 4. The molecule has 2 aromatic heterocycles. The van der Waals surface area contributed by atoms with E-state index in [9.17, 15) is 48.6 Å². The van der Waals surface area contributed by atoms with Crippen molar-refractivity contribution in [3.63, 3.8) is 0 Å². The SMILES string of the molecule is Nc1nc2c(c(=O)[nH]1)N=C(CNc1ccc(C(=O)NC(CCC(=O)[O-])C(=O)O)cc1)CN2.Nc1nc2c(c(=O)[nH]1)N=C(CNc1ccc(C(=O)NC(CCC(=O)[O-])C(=O)O)cc1)CN2.[Mg+2]. The number of carbonyl (C=O) groups excluding carboxylic acids is 4. The molecule has 65 heavy (non-hydrogen) atoms. The Balaban J connectivity index is 0.000000280. The van der Waals surface area contributed by atoms with Crippen molar-refractivity contribution in [3.8, 4) is 0 Å². The van der Waals surface area contributed by atoms with E-state index in [1.165, 1.54) is 24.3 Å². The summed E-state index contributed by atoms with van der Waals surface area (Å²) in [7, 11) is 0. The molecule has 2 atom stereocenters. The molecule has 14 N–H and O–H groups in total. The first-order valence-corrected chi connectivity index (χ1v) is 19.0. The normalized spacial score (nSPS) is 13.0. The second-order valence-corrected chi connectivity index (χ2v) is 13.8. The standard InChI is InChI=1S/2C19H21N7O6.Mg/c2*20-19-25-15-14(17(30)26-19)23-11(8-22-15)7-21-10-3-1-9(2-4-10)16(29)24-12(18(31)32)5-6-13(27)28;/h2*1-4,12,21H,5-8H2,(H,24,29)(H,27,28)(H,31,32)(H4,20,22,25,26,30);/q;;+2/p-2. The van der Waals surface area contributed by atoms with E-state index >= 15 is 0 Å². The number of benzene rings is 2. The Bertz CT molecular complexity index is 2440. The molecular formula is C38H40MgN14O12. The van der Waals surface area contributed by atoms with Gasteiger partial charge in [0.2, 0.25) is 11.9 Å². The Morgan fingerprint density at radius 2 is 0.985 bits per heavy atom. The number of amides is 2. The number of carboxylic acids is 4. The van der Waals surface area contributed by atoms with Crippen LogP contribution in [0.2, 0.25) is 0 Å². The van der Waals surface area contributed by atoms with Crippen molar-refractivity contribution in [2.45, 2.75) is 37.8 Å². The number of carboxylic acid groups (broad SMARTS) is 4. The van der Waals surface area contributed by atoms with Crippen LogP contribution in [0.15, 0.2) is 68.1 Å². The number of fused-ring (bicyclic) bond motifs is 2. The number of nitrogens with one attached hydrogen (secondary N) is 8. The van der Waals surface area contributed by atoms with E-state index in [-0.39, 0.29) is 70.3 Å². The summed E-state index contributed by atoms with van der Waals surface area (Å²) >= 11 is 0. The minimum absolute atomic E-state index is 0. The maximum Gasteiger partial charge on any atom is 2.00 e. The number of aromatic amines is 2. The third-order valence-corrected chi connectivity index (χ3v) is 9.05. The number of aromatic nitrogens is 4. The third-order valence-electron chi connectivity index (χ3n) is 9.05. The molecule has 0 bridgehead atoms. The van der Waals surface area contributed by atoms with Crippen LogP contribution in [-0.2, 0) is 19.2 Å². The minimum Gasteiger partial charge on any atom is -0.550 e. The molecule has 0 spiro atoms. The molecule has 2 aliphatic heterocycles. The van der Waals surface area contributed by atoms with Gasteiger partial charge in [0, 0.05) is 34.4 Å². The number of nitrogens with two attached hydrogens (primary N) is 2. The second-order valence-electron chi connectivity index (χ2n) is 13.8. The number of nitrogens with zero attached hydrogens (tertiary/aromatic N) is 4. The van der Waals surface area contributed by atoms with E-state index < -0.39 is 71.7 Å². The second kappa shape index (κ2) is 22.9. The predicted molar refractivity (Wildman–Crippen MR) is 232 cm³/mol. The van der Waals surface area contributed by atoms with Crippen molar-refractivity contribution >= 4 is 116 Å². The van der Waals surface area contributed by atoms with Crippen LogP contribution < -0.4 is 64.7 Å². The monoisotopic (exact) mass is 908 g/mol. The van der Waals surface area contributed by atoms with Crippen LogP contribution in [0.1, 0.15) is 46.4 Å². The fourth-order valence-electron chi connectivity index (χ4n) is 5.80. The molecule has 2 unspecified atom stereocenters. The topological polar surface area (TPSA) is 429 Å². The van der Waals surface area contributed by atoms with Crippen molar-refractivity contribution in [1.29, 1.82) is 0 Å². The molecule has 0 fully saturated rings. The first-order valence-electron chi connectivity index (χ1n) is 19.0. The van der Waals surface area contributed by atoms with E-state index in [2.05, 4.69) is 61.8 Å². The number of aliphatic imine (C=N–C) groups is 2. The Morgan fingerprint density at radius 3 is 1.31 bits per heavy atom. The van der Waals surface area contributed by atoms with Crippen molar-refractivity contribution < 1.29 is 49.2 Å². The van der Waals surface area contributed by atoms with Gasteiger partial charge in [-0.05, 0) is 74.2 Å². The molecule has 2 aromatic carbocycles. The molecule has 27 heteroatoms. The average molecular weight is 909 g/mol. The molecule has 0 aliphatic carbocycles. The Labute approximate surface area is 382 Å². The van der Waals surface area contributed by atoms with Crippen LogP contribution >= 0.6 is 0 Å². The van der Waals surface area contributed by atoms with Gasteiger partial charge in [0.15, 0.2) is 23.0 Å². The fraction of sp³-hybridized carbons (Fsp3) is 0.263. The number of rotatable bonds is 18. The molecule has 4 heterocycles. The van der Waals surface area contributed by atoms with Gasteiger partial charge < -0.3 is 73.4 Å². The molecule has 2 aliphatic rings. The number of H-pyrrole nitrogens is 2. The molecule has 4 aromatic rings. The Kier molecular flexibility index (Phi) is 17.4. The van der Waals surface area contributed by atoms with E-state index in [0.29, 0.717) is 60.6 Å². The van der Waals surface area contributed by atoms with Gasteiger partial charge in [0.25, 0.3) is 22.9 Å². The van der Waals surface area contributed by atoms with Crippen LogP contribution in [0.25, 0.3) is 0 Å². The zero-order valence-electron chi connectivity index (χ0n) is 34.1. The van der Waals surface area contributed by atoms with E-state index in [1.807, 2.05) is 0 Å². The van der Waals surface area contributed by atoms with Crippen molar-refractivity contribution in [2.24, 2.45) is 9.98 Å². The summed E-state index contributed by atoms with van der Waals surface area (Å²) in [6.07, 6.45) is -1.54. The summed E-state index contributed by atoms with van der Waals surface area (Å²) < 4.78 is 0. The molecular weight excluding hydrogens is 869 g/mol. The van der Waals surface area contributed by atoms with Crippen molar-refractivity contribution in [2.75, 3.05) is 58.9 Å². The zero-order valence-corrected chi connectivity index (χ0v) is 35.5. The number of carbonyl (C=O) groups is 6. The van der Waals surface area contributed by atoms with Crippen molar-refractivity contribution in [1.82, 2.24) is 30.6 Å². The Hall–Kier alpha value is -8.07. The van der Waals surface area contributed by atoms with Gasteiger partial charge >= 0.3 is 35.0 Å². The van der Waals surface area contributed by atoms with Crippen LogP contribution in [0.5, 0.6) is 0 Å². The molecule has 26 nitrogen and oxygen atoms in total. The van der Waals surface area contributed by atoms with E-state index in [0.717, 1.165) is 0 Å².